The van der Waals surface area contributed by atoms with Crippen molar-refractivity contribution in [3.8, 4) is 0 Å². The van der Waals surface area contributed by atoms with Crippen LogP contribution in [-0.2, 0) is 32.7 Å². The highest BCUT2D eigenvalue weighted by atomic mass is 31.2. The van der Waals surface area contributed by atoms with Crippen LogP contribution in [0.4, 0.5) is 0 Å². The summed E-state index contributed by atoms with van der Waals surface area (Å²) in [5.41, 5.74) is 0. The second-order valence-corrected chi connectivity index (χ2v) is 19.1. The Balaban J connectivity index is 2.38. The van der Waals surface area contributed by atoms with Crippen LogP contribution >= 0.6 is 7.82 Å². The third-order valence-corrected chi connectivity index (χ3v) is 12.8. The minimum absolute atomic E-state index is 0.0906. The molecule has 0 spiro atoms. The maximum atomic E-state index is 12.8. The number of rotatable bonds is 42. The molecule has 0 aromatic carbocycles. The predicted molar refractivity (Wildman–Crippen MR) is 244 cm³/mol. The Morgan fingerprint density at radius 3 is 1.24 bits per heavy atom. The van der Waals surface area contributed by atoms with Crippen LogP contribution in [0.1, 0.15) is 226 Å². The van der Waals surface area contributed by atoms with Crippen molar-refractivity contribution in [2.75, 3.05) is 13.2 Å². The molecule has 13 nitrogen and oxygen atoms in total. The van der Waals surface area contributed by atoms with Crippen molar-refractivity contribution in [3.63, 3.8) is 0 Å². The lowest BCUT2D eigenvalue weighted by Crippen LogP contribution is -2.64. The molecule has 0 saturated heterocycles. The van der Waals surface area contributed by atoms with Gasteiger partial charge in [0, 0.05) is 12.8 Å². The molecular weight excluding hydrogens is 815 g/mol. The first-order chi connectivity index (χ1) is 29.9. The molecule has 0 amide bonds. The maximum absolute atomic E-state index is 12.8. The summed E-state index contributed by atoms with van der Waals surface area (Å²) >= 11 is 0. The number of hydrogen-bond acceptors (Lipinski definition) is 12. The largest absolute Gasteiger partial charge is 0.472 e. The van der Waals surface area contributed by atoms with E-state index in [4.69, 9.17) is 18.5 Å². The first kappa shape index (κ1) is 58.6. The summed E-state index contributed by atoms with van der Waals surface area (Å²) in [4.78, 5) is 35.7. The summed E-state index contributed by atoms with van der Waals surface area (Å²) in [5.74, 6) is -1.10. The predicted octanol–water partition coefficient (Wildman–Crippen LogP) is 10.2. The van der Waals surface area contributed by atoms with Gasteiger partial charge in [0.1, 0.15) is 43.2 Å². The van der Waals surface area contributed by atoms with E-state index in [0.717, 1.165) is 57.8 Å². The number of unbranched alkanes of at least 4 members (excludes halogenated alkanes) is 28. The van der Waals surface area contributed by atoms with Gasteiger partial charge in [-0.05, 0) is 38.5 Å². The fraction of sp³-hybridized carbons (Fsp3) is 0.917. The van der Waals surface area contributed by atoms with Gasteiger partial charge in [0.05, 0.1) is 6.61 Å². The van der Waals surface area contributed by atoms with Gasteiger partial charge in [0.2, 0.25) is 0 Å². The van der Waals surface area contributed by atoms with Crippen LogP contribution in [0.15, 0.2) is 12.2 Å². The molecular formula is C48H91O13P. The fourth-order valence-electron chi connectivity index (χ4n) is 7.81. The van der Waals surface area contributed by atoms with E-state index in [1.54, 1.807) is 0 Å². The third-order valence-electron chi connectivity index (χ3n) is 11.9. The summed E-state index contributed by atoms with van der Waals surface area (Å²) < 4.78 is 33.6. The molecule has 0 aromatic rings. The van der Waals surface area contributed by atoms with E-state index >= 15 is 0 Å². The first-order valence-electron chi connectivity index (χ1n) is 25.0. The Morgan fingerprint density at radius 2 is 0.823 bits per heavy atom. The Kier molecular flexibility index (Phi) is 36.7. The zero-order valence-electron chi connectivity index (χ0n) is 38.9. The van der Waals surface area contributed by atoms with Gasteiger partial charge in [-0.15, -0.1) is 0 Å². The van der Waals surface area contributed by atoms with E-state index in [9.17, 15) is 44.6 Å². The smallest absolute Gasteiger partial charge is 0.462 e. The molecule has 0 heterocycles. The summed E-state index contributed by atoms with van der Waals surface area (Å²) in [6.45, 7) is 3.30. The van der Waals surface area contributed by atoms with Crippen molar-refractivity contribution >= 4 is 19.8 Å². The number of aliphatic hydroxyl groups excluding tert-OH is 5. The summed E-state index contributed by atoms with van der Waals surface area (Å²) in [5, 5.41) is 50.2. The van der Waals surface area contributed by atoms with Crippen molar-refractivity contribution < 1.29 is 63.1 Å². The number of allylic oxidation sites excluding steroid dienone is 2. The second-order valence-electron chi connectivity index (χ2n) is 17.7. The van der Waals surface area contributed by atoms with E-state index < -0.39 is 75.7 Å². The highest BCUT2D eigenvalue weighted by Gasteiger charge is 2.51. The van der Waals surface area contributed by atoms with Gasteiger partial charge in [-0.3, -0.25) is 18.6 Å². The average molecular weight is 907 g/mol. The van der Waals surface area contributed by atoms with Crippen molar-refractivity contribution in [2.24, 2.45) is 0 Å². The van der Waals surface area contributed by atoms with Gasteiger partial charge in [-0.1, -0.05) is 187 Å². The van der Waals surface area contributed by atoms with Crippen molar-refractivity contribution in [2.45, 2.75) is 268 Å². The molecule has 1 saturated carbocycles. The Hall–Kier alpha value is -1.41. The second kappa shape index (κ2) is 38.8. The lowest BCUT2D eigenvalue weighted by atomic mass is 9.85. The lowest BCUT2D eigenvalue weighted by Gasteiger charge is -2.41. The summed E-state index contributed by atoms with van der Waals surface area (Å²) in [6, 6.07) is 0. The molecule has 1 rings (SSSR count). The van der Waals surface area contributed by atoms with Crippen LogP contribution < -0.4 is 0 Å². The van der Waals surface area contributed by atoms with Crippen LogP contribution in [0.25, 0.3) is 0 Å². The number of aliphatic hydroxyl groups is 5. The number of carbonyl (C=O) groups excluding carboxylic acids is 2. The normalized spacial score (nSPS) is 21.9. The van der Waals surface area contributed by atoms with Crippen LogP contribution in [0.3, 0.4) is 0 Å². The molecule has 0 aliphatic heterocycles. The number of esters is 2. The number of carbonyl (C=O) groups is 2. The van der Waals surface area contributed by atoms with E-state index in [0.29, 0.717) is 12.8 Å². The van der Waals surface area contributed by atoms with Crippen molar-refractivity contribution in [1.82, 2.24) is 0 Å². The van der Waals surface area contributed by atoms with Gasteiger partial charge in [0.15, 0.2) is 6.10 Å². The van der Waals surface area contributed by atoms with Gasteiger partial charge in [0.25, 0.3) is 0 Å². The minimum atomic E-state index is -5.12. The molecule has 0 aromatic heterocycles. The fourth-order valence-corrected chi connectivity index (χ4v) is 8.79. The summed E-state index contributed by atoms with van der Waals surface area (Å²) in [6.07, 6.45) is 28.4. The Labute approximate surface area is 375 Å². The summed E-state index contributed by atoms with van der Waals surface area (Å²) in [7, 11) is -5.12. The lowest BCUT2D eigenvalue weighted by molar-refractivity contribution is -0.220. The Bertz CT molecular complexity index is 1140. The van der Waals surface area contributed by atoms with Gasteiger partial charge in [-0.25, -0.2) is 4.57 Å². The molecule has 14 heteroatoms. The zero-order chi connectivity index (χ0) is 45.7. The first-order valence-corrected chi connectivity index (χ1v) is 26.5. The van der Waals surface area contributed by atoms with Crippen LogP contribution in [-0.4, -0.2) is 98.3 Å². The molecule has 62 heavy (non-hydrogen) atoms. The SMILES string of the molecule is CCCCCC/C=C/CCCCCCCC(=O)O[C@@H](COC(=O)CCCCCCCCCCCCCCCCCCCCCC)COP(=O)(O)OC1C(O)C(O)C(O)[C@H](O)C1O. The number of hydrogen-bond donors (Lipinski definition) is 6. The molecule has 0 radical (unpaired) electrons. The Morgan fingerprint density at radius 1 is 0.484 bits per heavy atom. The average Bonchev–Trinajstić information content (AvgIpc) is 3.25. The zero-order valence-corrected chi connectivity index (χ0v) is 39.8. The van der Waals surface area contributed by atoms with Gasteiger partial charge in [-0.2, -0.15) is 0 Å². The molecule has 6 N–H and O–H groups in total. The van der Waals surface area contributed by atoms with E-state index in [2.05, 4.69) is 26.0 Å². The number of phosphoric ester groups is 1. The quantitative estimate of drug-likeness (QED) is 0.0146. The number of ether oxygens (including phenoxy) is 2. The van der Waals surface area contributed by atoms with Crippen molar-refractivity contribution in [3.05, 3.63) is 12.2 Å². The van der Waals surface area contributed by atoms with Crippen molar-refractivity contribution in [1.29, 1.82) is 0 Å². The molecule has 1 fully saturated rings. The molecule has 366 valence electrons. The van der Waals surface area contributed by atoms with E-state index in [1.165, 1.54) is 128 Å². The third kappa shape index (κ3) is 30.7. The minimum Gasteiger partial charge on any atom is -0.462 e. The van der Waals surface area contributed by atoms with Crippen LogP contribution in [0.2, 0.25) is 0 Å². The highest BCUT2D eigenvalue weighted by Crippen LogP contribution is 2.47. The standard InChI is InChI=1S/C48H91O13P/c1-3-5-7-9-11-13-15-17-18-19-20-21-22-23-25-26-28-30-32-34-36-41(49)58-38-40(39-59-62(56,57)61-48-46(54)44(52)43(51)45(53)47(48)55)60-42(50)37-35-33-31-29-27-24-16-14-12-10-8-6-4-2/h14,16,40,43-48,51-55H,3-13,15,17-39H2,1-2H3,(H,56,57)/b16-14+/t40-,43?,44-,45?,46?,47?,48?/m0/s1. The van der Waals surface area contributed by atoms with Crippen LogP contribution in [0, 0.1) is 0 Å². The molecule has 1 aliphatic rings. The van der Waals surface area contributed by atoms with E-state index in [1.807, 2.05) is 0 Å². The van der Waals surface area contributed by atoms with Gasteiger partial charge < -0.3 is 39.9 Å². The molecule has 8 atom stereocenters. The maximum Gasteiger partial charge on any atom is 0.472 e. The van der Waals surface area contributed by atoms with E-state index in [-0.39, 0.29) is 12.8 Å². The molecule has 1 aliphatic carbocycles. The van der Waals surface area contributed by atoms with Gasteiger partial charge >= 0.3 is 19.8 Å². The monoisotopic (exact) mass is 907 g/mol. The highest BCUT2D eigenvalue weighted by molar-refractivity contribution is 7.47. The topological polar surface area (TPSA) is 210 Å². The molecule has 0 bridgehead atoms. The molecule has 6 unspecified atom stereocenters. The van der Waals surface area contributed by atoms with Crippen LogP contribution in [0.5, 0.6) is 0 Å². The number of phosphoric acid groups is 1.